The molecule has 2 aromatic rings. The van der Waals surface area contributed by atoms with E-state index in [1.54, 1.807) is 6.07 Å². The van der Waals surface area contributed by atoms with Crippen molar-refractivity contribution in [1.29, 1.82) is 0 Å². The summed E-state index contributed by atoms with van der Waals surface area (Å²) in [6.45, 7) is 2.84. The molecule has 0 saturated carbocycles. The van der Waals surface area contributed by atoms with Gasteiger partial charge in [0.05, 0.1) is 0 Å². The number of aromatic hydroxyl groups is 1. The molecule has 2 rings (SSSR count). The first kappa shape index (κ1) is 11.0. The lowest BCUT2D eigenvalue weighted by Gasteiger charge is -2.12. The van der Waals surface area contributed by atoms with Crippen LogP contribution < -0.4 is 0 Å². The van der Waals surface area contributed by atoms with Gasteiger partial charge in [-0.2, -0.15) is 0 Å². The molecule has 0 unspecified atom stereocenters. The van der Waals surface area contributed by atoms with E-state index in [0.29, 0.717) is 5.75 Å². The Hall–Kier alpha value is -1.48. The first-order valence-electron chi connectivity index (χ1n) is 5.42. The second-order valence-corrected chi connectivity index (χ2v) is 4.58. The molecule has 1 aromatic heterocycles. The van der Waals surface area contributed by atoms with E-state index in [2.05, 4.69) is 22.5 Å². The van der Waals surface area contributed by atoms with Crippen molar-refractivity contribution in [3.05, 3.63) is 29.5 Å². The van der Waals surface area contributed by atoms with Gasteiger partial charge in [-0.25, -0.2) is 0 Å². The second kappa shape index (κ2) is 3.83. The van der Waals surface area contributed by atoms with Gasteiger partial charge < -0.3 is 14.6 Å². The number of aryl methyl sites for hydroxylation is 2. The van der Waals surface area contributed by atoms with Crippen LogP contribution in [0.5, 0.6) is 5.75 Å². The van der Waals surface area contributed by atoms with Gasteiger partial charge in [0.1, 0.15) is 5.75 Å². The van der Waals surface area contributed by atoms with Crippen LogP contribution in [0.4, 0.5) is 0 Å². The Balaban J connectivity index is 2.69. The average molecular weight is 218 g/mol. The Morgan fingerprint density at radius 3 is 2.62 bits per heavy atom. The van der Waals surface area contributed by atoms with Gasteiger partial charge in [0.15, 0.2) is 0 Å². The molecular weight excluding hydrogens is 200 g/mol. The van der Waals surface area contributed by atoms with Gasteiger partial charge in [-0.1, -0.05) is 0 Å². The summed E-state index contributed by atoms with van der Waals surface area (Å²) in [5.74, 6) is 0.381. The molecule has 0 radical (unpaired) electrons. The van der Waals surface area contributed by atoms with E-state index < -0.39 is 0 Å². The fourth-order valence-corrected chi connectivity index (χ4v) is 2.07. The van der Waals surface area contributed by atoms with Crippen LogP contribution in [0.25, 0.3) is 10.9 Å². The molecule has 0 amide bonds. The molecule has 0 spiro atoms. The normalized spacial score (nSPS) is 11.6. The summed E-state index contributed by atoms with van der Waals surface area (Å²) in [4.78, 5) is 2.07. The lowest BCUT2D eigenvalue weighted by molar-refractivity contribution is 0.388. The van der Waals surface area contributed by atoms with Crippen molar-refractivity contribution in [3.63, 3.8) is 0 Å². The quantitative estimate of drug-likeness (QED) is 0.837. The van der Waals surface area contributed by atoms with Gasteiger partial charge >= 0.3 is 0 Å². The van der Waals surface area contributed by atoms with Crippen LogP contribution in [-0.4, -0.2) is 28.7 Å². The average Bonchev–Trinajstić information content (AvgIpc) is 2.48. The summed E-state index contributed by atoms with van der Waals surface area (Å²) < 4.78 is 2.15. The second-order valence-electron chi connectivity index (χ2n) is 4.58. The van der Waals surface area contributed by atoms with Crippen molar-refractivity contribution in [2.24, 2.45) is 7.05 Å². The Labute approximate surface area is 95.9 Å². The van der Waals surface area contributed by atoms with Gasteiger partial charge in [-0.15, -0.1) is 0 Å². The minimum absolute atomic E-state index is 0.381. The first-order chi connectivity index (χ1) is 7.50. The van der Waals surface area contributed by atoms with Crippen LogP contribution in [0.3, 0.4) is 0 Å². The van der Waals surface area contributed by atoms with E-state index >= 15 is 0 Å². The van der Waals surface area contributed by atoms with Crippen molar-refractivity contribution < 1.29 is 5.11 Å². The third-order valence-corrected chi connectivity index (χ3v) is 3.03. The molecule has 0 bridgehead atoms. The fourth-order valence-electron chi connectivity index (χ4n) is 2.07. The van der Waals surface area contributed by atoms with Crippen LogP contribution in [0, 0.1) is 6.92 Å². The standard InChI is InChI=1S/C13H18N2O/c1-9-7-10-11(8-14(2)3)13(16)6-5-12(10)15(9)4/h5-7,16H,8H2,1-4H3. The summed E-state index contributed by atoms with van der Waals surface area (Å²) >= 11 is 0. The minimum atomic E-state index is 0.381. The van der Waals surface area contributed by atoms with E-state index in [4.69, 9.17) is 0 Å². The molecule has 3 heteroatoms. The molecule has 1 aromatic carbocycles. The highest BCUT2D eigenvalue weighted by Gasteiger charge is 2.11. The van der Waals surface area contributed by atoms with Gasteiger partial charge in [0, 0.05) is 35.8 Å². The maximum Gasteiger partial charge on any atom is 0.120 e. The Morgan fingerprint density at radius 1 is 1.31 bits per heavy atom. The molecule has 1 N–H and O–H groups in total. The fraction of sp³-hybridized carbons (Fsp3) is 0.385. The summed E-state index contributed by atoms with van der Waals surface area (Å²) in [6.07, 6.45) is 0. The van der Waals surface area contributed by atoms with Gasteiger partial charge in [0.2, 0.25) is 0 Å². The molecule has 0 atom stereocenters. The van der Waals surface area contributed by atoms with Gasteiger partial charge in [-0.05, 0) is 39.2 Å². The number of phenolic OH excluding ortho intramolecular Hbond substituents is 1. The Bertz CT molecular complexity index is 526. The Morgan fingerprint density at radius 2 is 2.00 bits per heavy atom. The maximum absolute atomic E-state index is 9.92. The van der Waals surface area contributed by atoms with Crippen LogP contribution in [-0.2, 0) is 13.6 Å². The zero-order valence-electron chi connectivity index (χ0n) is 10.3. The van der Waals surface area contributed by atoms with E-state index in [1.807, 2.05) is 27.2 Å². The zero-order valence-corrected chi connectivity index (χ0v) is 10.3. The molecule has 16 heavy (non-hydrogen) atoms. The maximum atomic E-state index is 9.92. The molecular formula is C13H18N2O. The summed E-state index contributed by atoms with van der Waals surface area (Å²) in [5.41, 5.74) is 3.39. The Kier molecular flexibility index (Phi) is 2.64. The molecule has 1 heterocycles. The minimum Gasteiger partial charge on any atom is -0.508 e. The summed E-state index contributed by atoms with van der Waals surface area (Å²) in [5, 5.41) is 11.1. The van der Waals surface area contributed by atoms with Crippen LogP contribution >= 0.6 is 0 Å². The number of hydrogen-bond acceptors (Lipinski definition) is 2. The molecule has 0 aliphatic rings. The van der Waals surface area contributed by atoms with Crippen LogP contribution in [0.1, 0.15) is 11.3 Å². The molecule has 0 aliphatic heterocycles. The molecule has 0 aliphatic carbocycles. The van der Waals surface area contributed by atoms with Crippen molar-refractivity contribution in [2.45, 2.75) is 13.5 Å². The smallest absolute Gasteiger partial charge is 0.120 e. The number of hydrogen-bond donors (Lipinski definition) is 1. The zero-order chi connectivity index (χ0) is 11.9. The van der Waals surface area contributed by atoms with Crippen molar-refractivity contribution in [2.75, 3.05) is 14.1 Å². The number of fused-ring (bicyclic) bond motifs is 1. The van der Waals surface area contributed by atoms with Crippen molar-refractivity contribution in [1.82, 2.24) is 9.47 Å². The summed E-state index contributed by atoms with van der Waals surface area (Å²) in [6, 6.07) is 5.88. The highest BCUT2D eigenvalue weighted by atomic mass is 16.3. The largest absolute Gasteiger partial charge is 0.508 e. The van der Waals surface area contributed by atoms with Crippen molar-refractivity contribution in [3.8, 4) is 5.75 Å². The number of rotatable bonds is 2. The topological polar surface area (TPSA) is 28.4 Å². The number of aromatic nitrogens is 1. The van der Waals surface area contributed by atoms with E-state index in [1.165, 1.54) is 11.2 Å². The van der Waals surface area contributed by atoms with Gasteiger partial charge in [-0.3, -0.25) is 0 Å². The number of benzene rings is 1. The third kappa shape index (κ3) is 1.67. The first-order valence-corrected chi connectivity index (χ1v) is 5.42. The monoisotopic (exact) mass is 218 g/mol. The summed E-state index contributed by atoms with van der Waals surface area (Å²) in [7, 11) is 6.07. The molecule has 0 fully saturated rings. The van der Waals surface area contributed by atoms with Crippen molar-refractivity contribution >= 4 is 10.9 Å². The van der Waals surface area contributed by atoms with E-state index in [0.717, 1.165) is 17.5 Å². The predicted octanol–water partition coefficient (Wildman–Crippen LogP) is 2.25. The number of phenols is 1. The number of nitrogens with zero attached hydrogens (tertiary/aromatic N) is 2. The lowest BCUT2D eigenvalue weighted by Crippen LogP contribution is -2.11. The predicted molar refractivity (Wildman–Crippen MR) is 66.7 cm³/mol. The van der Waals surface area contributed by atoms with E-state index in [9.17, 15) is 5.11 Å². The third-order valence-electron chi connectivity index (χ3n) is 3.03. The van der Waals surface area contributed by atoms with E-state index in [-0.39, 0.29) is 0 Å². The highest BCUT2D eigenvalue weighted by molar-refractivity contribution is 5.86. The van der Waals surface area contributed by atoms with Crippen LogP contribution in [0.15, 0.2) is 18.2 Å². The molecule has 3 nitrogen and oxygen atoms in total. The van der Waals surface area contributed by atoms with Crippen LogP contribution in [0.2, 0.25) is 0 Å². The highest BCUT2D eigenvalue weighted by Crippen LogP contribution is 2.29. The molecule has 86 valence electrons. The molecule has 0 saturated heterocycles. The lowest BCUT2D eigenvalue weighted by atomic mass is 10.1. The van der Waals surface area contributed by atoms with Gasteiger partial charge in [0.25, 0.3) is 0 Å². The SMILES string of the molecule is Cc1cc2c(CN(C)C)c(O)ccc2n1C.